The van der Waals surface area contributed by atoms with Crippen LogP contribution in [0.3, 0.4) is 0 Å². The molecule has 9 heteroatoms. The highest BCUT2D eigenvalue weighted by Gasteiger charge is 2.30. The maximum absolute atomic E-state index is 12.8. The maximum Gasteiger partial charge on any atom is 0.416 e. The lowest BCUT2D eigenvalue weighted by Crippen LogP contribution is -2.14. The van der Waals surface area contributed by atoms with E-state index in [0.29, 0.717) is 22.4 Å². The summed E-state index contributed by atoms with van der Waals surface area (Å²) >= 11 is 0. The summed E-state index contributed by atoms with van der Waals surface area (Å²) in [6, 6.07) is 6.65. The summed E-state index contributed by atoms with van der Waals surface area (Å²) in [6.07, 6.45) is -0.0732. The van der Waals surface area contributed by atoms with E-state index in [1.54, 1.807) is 23.6 Å². The molecule has 0 atom stereocenters. The summed E-state index contributed by atoms with van der Waals surface area (Å²) in [5.41, 5.74) is 1.20. The van der Waals surface area contributed by atoms with Gasteiger partial charge < -0.3 is 15.0 Å². The number of carbonyl (C=O) groups is 1. The molecular formula is C19H17F3N4O2. The van der Waals surface area contributed by atoms with E-state index in [1.165, 1.54) is 24.8 Å². The number of anilines is 1. The molecule has 1 amide bonds. The Morgan fingerprint density at radius 3 is 2.71 bits per heavy atom. The molecule has 2 aromatic heterocycles. The molecular weight excluding hydrogens is 373 g/mol. The molecule has 0 unspecified atom stereocenters. The van der Waals surface area contributed by atoms with Crippen LogP contribution in [0.1, 0.15) is 32.7 Å². The first-order valence-corrected chi connectivity index (χ1v) is 8.32. The van der Waals surface area contributed by atoms with Gasteiger partial charge in [0.25, 0.3) is 5.91 Å². The Morgan fingerprint density at radius 2 is 2.04 bits per heavy atom. The zero-order chi connectivity index (χ0) is 20.3. The van der Waals surface area contributed by atoms with E-state index in [-0.39, 0.29) is 19.0 Å². The van der Waals surface area contributed by atoms with Crippen molar-refractivity contribution in [3.63, 3.8) is 0 Å². The van der Waals surface area contributed by atoms with E-state index >= 15 is 0 Å². The molecule has 0 spiro atoms. The number of nitrogens with zero attached hydrogens (tertiary/aromatic N) is 3. The maximum atomic E-state index is 12.8. The Balaban J connectivity index is 1.70. The average Bonchev–Trinajstić information content (AvgIpc) is 3.07. The number of aliphatic hydroxyl groups is 1. The van der Waals surface area contributed by atoms with E-state index in [4.69, 9.17) is 5.11 Å². The van der Waals surface area contributed by atoms with Gasteiger partial charge in [-0.25, -0.2) is 4.98 Å². The van der Waals surface area contributed by atoms with Gasteiger partial charge in [0.2, 0.25) is 0 Å². The van der Waals surface area contributed by atoms with Crippen molar-refractivity contribution in [2.24, 2.45) is 0 Å². The molecule has 0 bridgehead atoms. The Bertz CT molecular complexity index is 999. The fourth-order valence-corrected chi connectivity index (χ4v) is 2.69. The Hall–Kier alpha value is -3.20. The molecule has 3 rings (SSSR count). The second-order valence-corrected chi connectivity index (χ2v) is 6.23. The summed E-state index contributed by atoms with van der Waals surface area (Å²) in [7, 11) is 0. The molecule has 0 saturated heterocycles. The smallest absolute Gasteiger partial charge is 0.390 e. The topological polar surface area (TPSA) is 80.0 Å². The SMILES string of the molecule is Cc1cc(CO)ncc1C(=O)Nc1cn(Cc2cccc(C(F)(F)F)c2)cn1. The van der Waals surface area contributed by atoms with Crippen LogP contribution in [0.5, 0.6) is 0 Å². The fourth-order valence-electron chi connectivity index (χ4n) is 2.69. The van der Waals surface area contributed by atoms with E-state index in [2.05, 4.69) is 15.3 Å². The minimum atomic E-state index is -4.40. The highest BCUT2D eigenvalue weighted by Crippen LogP contribution is 2.29. The summed E-state index contributed by atoms with van der Waals surface area (Å²) in [5, 5.41) is 11.7. The van der Waals surface area contributed by atoms with Crippen LogP contribution in [0, 0.1) is 6.92 Å². The highest BCUT2D eigenvalue weighted by atomic mass is 19.4. The van der Waals surface area contributed by atoms with Gasteiger partial charge in [0.05, 0.1) is 29.8 Å². The zero-order valence-electron chi connectivity index (χ0n) is 14.9. The molecule has 2 N–H and O–H groups in total. The number of carbonyl (C=O) groups excluding carboxylic acids is 1. The second-order valence-electron chi connectivity index (χ2n) is 6.23. The lowest BCUT2D eigenvalue weighted by molar-refractivity contribution is -0.137. The number of benzene rings is 1. The number of imidazole rings is 1. The highest BCUT2D eigenvalue weighted by molar-refractivity contribution is 6.04. The first-order valence-electron chi connectivity index (χ1n) is 8.32. The largest absolute Gasteiger partial charge is 0.416 e. The van der Waals surface area contributed by atoms with Crippen molar-refractivity contribution < 1.29 is 23.1 Å². The van der Waals surface area contributed by atoms with E-state index in [0.717, 1.165) is 12.1 Å². The quantitative estimate of drug-likeness (QED) is 0.700. The van der Waals surface area contributed by atoms with Gasteiger partial charge in [0, 0.05) is 18.9 Å². The number of amides is 1. The van der Waals surface area contributed by atoms with Gasteiger partial charge in [-0.05, 0) is 36.2 Å². The average molecular weight is 390 g/mol. The molecule has 0 radical (unpaired) electrons. The van der Waals surface area contributed by atoms with Crippen LogP contribution in [-0.2, 0) is 19.3 Å². The van der Waals surface area contributed by atoms with Gasteiger partial charge in [0.15, 0.2) is 5.82 Å². The van der Waals surface area contributed by atoms with Crippen LogP contribution in [0.4, 0.5) is 19.0 Å². The summed E-state index contributed by atoms with van der Waals surface area (Å²) < 4.78 is 40.0. The van der Waals surface area contributed by atoms with Crippen molar-refractivity contribution in [3.05, 3.63) is 77.0 Å². The lowest BCUT2D eigenvalue weighted by atomic mass is 10.1. The van der Waals surface area contributed by atoms with Crippen molar-refractivity contribution in [2.75, 3.05) is 5.32 Å². The molecule has 2 heterocycles. The molecule has 6 nitrogen and oxygen atoms in total. The first kappa shape index (κ1) is 19.6. The third kappa shape index (κ3) is 4.55. The predicted octanol–water partition coefficient (Wildman–Crippen LogP) is 3.40. The lowest BCUT2D eigenvalue weighted by Gasteiger charge is -2.09. The van der Waals surface area contributed by atoms with Crippen molar-refractivity contribution in [2.45, 2.75) is 26.3 Å². The number of hydrogen-bond acceptors (Lipinski definition) is 4. The number of nitrogens with one attached hydrogen (secondary N) is 1. The zero-order valence-corrected chi connectivity index (χ0v) is 14.9. The van der Waals surface area contributed by atoms with Gasteiger partial charge in [-0.1, -0.05) is 12.1 Å². The van der Waals surface area contributed by atoms with E-state index < -0.39 is 17.6 Å². The molecule has 0 aliphatic heterocycles. The normalized spacial score (nSPS) is 11.5. The van der Waals surface area contributed by atoms with Crippen LogP contribution in [0.2, 0.25) is 0 Å². The van der Waals surface area contributed by atoms with Crippen LogP contribution in [0.15, 0.2) is 49.1 Å². The van der Waals surface area contributed by atoms with Gasteiger partial charge in [-0.15, -0.1) is 0 Å². The number of rotatable bonds is 5. The third-order valence-corrected chi connectivity index (χ3v) is 4.07. The predicted molar refractivity (Wildman–Crippen MR) is 95.6 cm³/mol. The Kier molecular flexibility index (Phi) is 5.46. The molecule has 1 aromatic carbocycles. The molecule has 146 valence electrons. The molecule has 0 fully saturated rings. The van der Waals surface area contributed by atoms with Gasteiger partial charge >= 0.3 is 6.18 Å². The summed E-state index contributed by atoms with van der Waals surface area (Å²) in [4.78, 5) is 20.4. The standard InChI is InChI=1S/C19H17F3N4O2/c1-12-5-15(10-27)23-7-16(12)18(28)25-17-9-26(11-24-17)8-13-3-2-4-14(6-13)19(20,21)22/h2-7,9,11,27H,8,10H2,1H3,(H,25,28). The molecule has 0 saturated carbocycles. The van der Waals surface area contributed by atoms with Gasteiger partial charge in [0.1, 0.15) is 0 Å². The third-order valence-electron chi connectivity index (χ3n) is 4.07. The molecule has 0 aliphatic carbocycles. The molecule has 28 heavy (non-hydrogen) atoms. The van der Waals surface area contributed by atoms with Crippen LogP contribution in [-0.4, -0.2) is 25.5 Å². The number of pyridine rings is 1. The molecule has 0 aliphatic rings. The monoisotopic (exact) mass is 390 g/mol. The van der Waals surface area contributed by atoms with Crippen molar-refractivity contribution >= 4 is 11.7 Å². The van der Waals surface area contributed by atoms with Crippen molar-refractivity contribution in [1.82, 2.24) is 14.5 Å². The van der Waals surface area contributed by atoms with Crippen LogP contribution >= 0.6 is 0 Å². The first-order chi connectivity index (χ1) is 13.3. The van der Waals surface area contributed by atoms with Gasteiger partial charge in [-0.2, -0.15) is 13.2 Å². The second kappa shape index (κ2) is 7.81. The molecule has 3 aromatic rings. The number of halogens is 3. The number of alkyl halides is 3. The van der Waals surface area contributed by atoms with Crippen LogP contribution < -0.4 is 5.32 Å². The van der Waals surface area contributed by atoms with E-state index in [9.17, 15) is 18.0 Å². The van der Waals surface area contributed by atoms with Crippen molar-refractivity contribution in [3.8, 4) is 0 Å². The fraction of sp³-hybridized carbons (Fsp3) is 0.211. The van der Waals surface area contributed by atoms with Crippen LogP contribution in [0.25, 0.3) is 0 Å². The van der Waals surface area contributed by atoms with Crippen molar-refractivity contribution in [1.29, 1.82) is 0 Å². The number of aromatic nitrogens is 3. The Labute approximate surface area is 158 Å². The van der Waals surface area contributed by atoms with Gasteiger partial charge in [-0.3, -0.25) is 9.78 Å². The number of aryl methyl sites for hydroxylation is 1. The minimum Gasteiger partial charge on any atom is -0.390 e. The number of aliphatic hydroxyl groups excluding tert-OH is 1. The summed E-state index contributed by atoms with van der Waals surface area (Å²) in [6.45, 7) is 1.68. The minimum absolute atomic E-state index is 0.179. The summed E-state index contributed by atoms with van der Waals surface area (Å²) in [5.74, 6) is -0.151. The number of hydrogen-bond donors (Lipinski definition) is 2. The van der Waals surface area contributed by atoms with E-state index in [1.807, 2.05) is 0 Å². The Morgan fingerprint density at radius 1 is 1.25 bits per heavy atom.